The molecule has 1 aromatic carbocycles. The quantitative estimate of drug-likeness (QED) is 0.725. The Hall–Kier alpha value is -1.95. The number of sulfonamides is 1. The Balaban J connectivity index is 1.82. The molecule has 158 valence electrons. The number of esters is 1. The van der Waals surface area contributed by atoms with Crippen molar-refractivity contribution in [1.82, 2.24) is 4.31 Å². The lowest BCUT2D eigenvalue weighted by molar-refractivity contribution is -0.137. The number of hydrogen-bond acceptors (Lipinski definition) is 6. The molecule has 1 aromatic heterocycles. The number of thiophene rings is 1. The third-order valence-electron chi connectivity index (χ3n) is 4.89. The molecule has 1 aliphatic heterocycles. The molecule has 2 aromatic rings. The SMILES string of the molecule is COC(=O)c1sccc1S(=O)(=O)N1CCC(O)(c2cccc(C(F)(F)F)c2)CC1. The fourth-order valence-corrected chi connectivity index (χ4v) is 6.00. The molecule has 0 aliphatic carbocycles. The largest absolute Gasteiger partial charge is 0.465 e. The minimum Gasteiger partial charge on any atom is -0.465 e. The number of hydrogen-bond donors (Lipinski definition) is 1. The standard InChI is InChI=1S/C18H18F3NO5S2/c1-27-16(23)15-14(5-10-28-15)29(25,26)22-8-6-17(24,7-9-22)12-3-2-4-13(11-12)18(19,20)21/h2-5,10-11,24H,6-9H2,1H3. The van der Waals surface area contributed by atoms with E-state index in [1.54, 1.807) is 0 Å². The average Bonchev–Trinajstić information content (AvgIpc) is 3.18. The van der Waals surface area contributed by atoms with E-state index in [2.05, 4.69) is 4.74 Å². The average molecular weight is 449 g/mol. The number of carbonyl (C=O) groups excluding carboxylic acids is 1. The number of methoxy groups -OCH3 is 1. The number of rotatable bonds is 4. The summed E-state index contributed by atoms with van der Waals surface area (Å²) in [6, 6.07) is 5.72. The van der Waals surface area contributed by atoms with Gasteiger partial charge in [-0.1, -0.05) is 12.1 Å². The Kier molecular flexibility index (Phi) is 5.78. The zero-order valence-corrected chi connectivity index (χ0v) is 16.9. The Morgan fingerprint density at radius 3 is 2.48 bits per heavy atom. The second kappa shape index (κ2) is 7.71. The van der Waals surface area contributed by atoms with Gasteiger partial charge in [0.05, 0.1) is 18.3 Å². The minimum atomic E-state index is -4.54. The second-order valence-electron chi connectivity index (χ2n) is 6.62. The van der Waals surface area contributed by atoms with E-state index in [0.29, 0.717) is 0 Å². The van der Waals surface area contributed by atoms with Crippen LogP contribution in [0.4, 0.5) is 13.2 Å². The van der Waals surface area contributed by atoms with Crippen LogP contribution in [0.5, 0.6) is 0 Å². The summed E-state index contributed by atoms with van der Waals surface area (Å²) in [5.74, 6) is -0.768. The molecule has 1 aliphatic rings. The summed E-state index contributed by atoms with van der Waals surface area (Å²) in [7, 11) is -2.87. The van der Waals surface area contributed by atoms with Crippen molar-refractivity contribution in [3.63, 3.8) is 0 Å². The van der Waals surface area contributed by atoms with Crippen molar-refractivity contribution in [2.24, 2.45) is 0 Å². The zero-order valence-electron chi connectivity index (χ0n) is 15.3. The molecule has 2 heterocycles. The van der Waals surface area contributed by atoms with Crippen LogP contribution in [0.2, 0.25) is 0 Å². The van der Waals surface area contributed by atoms with E-state index in [9.17, 15) is 31.5 Å². The van der Waals surface area contributed by atoms with Crippen molar-refractivity contribution in [1.29, 1.82) is 0 Å². The Morgan fingerprint density at radius 1 is 1.24 bits per heavy atom. The number of ether oxygens (including phenoxy) is 1. The van der Waals surface area contributed by atoms with Gasteiger partial charge in [0.2, 0.25) is 10.0 Å². The smallest absolute Gasteiger partial charge is 0.416 e. The first-order valence-corrected chi connectivity index (χ1v) is 10.9. The van der Waals surface area contributed by atoms with Gasteiger partial charge in [0, 0.05) is 13.1 Å². The van der Waals surface area contributed by atoms with Gasteiger partial charge in [-0.3, -0.25) is 0 Å². The lowest BCUT2D eigenvalue weighted by atomic mass is 9.84. The van der Waals surface area contributed by atoms with E-state index < -0.39 is 33.3 Å². The number of piperidine rings is 1. The molecule has 29 heavy (non-hydrogen) atoms. The van der Waals surface area contributed by atoms with Gasteiger partial charge >= 0.3 is 12.1 Å². The van der Waals surface area contributed by atoms with Crippen LogP contribution in [0.25, 0.3) is 0 Å². The molecule has 0 bridgehead atoms. The van der Waals surface area contributed by atoms with Crippen LogP contribution in [0.3, 0.4) is 0 Å². The number of nitrogens with zero attached hydrogens (tertiary/aromatic N) is 1. The van der Waals surface area contributed by atoms with Crippen molar-refractivity contribution in [2.45, 2.75) is 29.5 Å². The molecule has 1 fully saturated rings. The van der Waals surface area contributed by atoms with Crippen LogP contribution >= 0.6 is 11.3 Å². The van der Waals surface area contributed by atoms with Crippen LogP contribution in [0, 0.1) is 0 Å². The summed E-state index contributed by atoms with van der Waals surface area (Å²) in [5.41, 5.74) is -2.36. The molecule has 1 saturated heterocycles. The van der Waals surface area contributed by atoms with Gasteiger partial charge in [0.15, 0.2) is 0 Å². The lowest BCUT2D eigenvalue weighted by Crippen LogP contribution is -2.45. The first kappa shape index (κ1) is 21.8. The summed E-state index contributed by atoms with van der Waals surface area (Å²) in [5, 5.41) is 12.3. The van der Waals surface area contributed by atoms with Crippen molar-refractivity contribution < 1.29 is 36.2 Å². The number of alkyl halides is 3. The van der Waals surface area contributed by atoms with Gasteiger partial charge < -0.3 is 9.84 Å². The van der Waals surface area contributed by atoms with E-state index in [1.807, 2.05) is 0 Å². The molecular weight excluding hydrogens is 431 g/mol. The number of benzene rings is 1. The molecule has 0 saturated carbocycles. The Labute approximate surface area is 169 Å². The maximum atomic E-state index is 13.0. The number of halogens is 3. The molecule has 0 atom stereocenters. The Bertz CT molecular complexity index is 1010. The third-order valence-corrected chi connectivity index (χ3v) is 7.86. The highest BCUT2D eigenvalue weighted by Gasteiger charge is 2.41. The van der Waals surface area contributed by atoms with E-state index in [4.69, 9.17) is 0 Å². The van der Waals surface area contributed by atoms with Crippen LogP contribution < -0.4 is 0 Å². The van der Waals surface area contributed by atoms with Crippen molar-refractivity contribution in [2.75, 3.05) is 20.2 Å². The van der Waals surface area contributed by atoms with Crippen LogP contribution in [0.15, 0.2) is 40.6 Å². The molecule has 6 nitrogen and oxygen atoms in total. The van der Waals surface area contributed by atoms with Crippen molar-refractivity contribution in [3.05, 3.63) is 51.7 Å². The molecule has 0 unspecified atom stereocenters. The monoisotopic (exact) mass is 449 g/mol. The molecule has 1 N–H and O–H groups in total. The summed E-state index contributed by atoms with van der Waals surface area (Å²) < 4.78 is 70.4. The molecule has 0 amide bonds. The molecule has 3 rings (SSSR count). The highest BCUT2D eigenvalue weighted by Crippen LogP contribution is 2.38. The van der Waals surface area contributed by atoms with Crippen molar-refractivity contribution >= 4 is 27.3 Å². The van der Waals surface area contributed by atoms with Crippen LogP contribution in [-0.4, -0.2) is 44.0 Å². The van der Waals surface area contributed by atoms with Gasteiger partial charge in [-0.2, -0.15) is 17.5 Å². The highest BCUT2D eigenvalue weighted by atomic mass is 32.2. The molecular formula is C18H18F3NO5S2. The van der Waals surface area contributed by atoms with Crippen LogP contribution in [0.1, 0.15) is 33.6 Å². The summed E-state index contributed by atoms with van der Waals surface area (Å²) in [6.07, 6.45) is -4.70. The van der Waals surface area contributed by atoms with Gasteiger partial charge in [-0.15, -0.1) is 11.3 Å². The van der Waals surface area contributed by atoms with Gasteiger partial charge in [0.1, 0.15) is 9.77 Å². The van der Waals surface area contributed by atoms with Crippen LogP contribution in [-0.2, 0) is 26.5 Å². The van der Waals surface area contributed by atoms with E-state index in [1.165, 1.54) is 23.6 Å². The summed E-state index contributed by atoms with van der Waals surface area (Å²) >= 11 is 0.937. The molecule has 11 heteroatoms. The van der Waals surface area contributed by atoms with Gasteiger partial charge in [-0.25, -0.2) is 13.2 Å². The maximum Gasteiger partial charge on any atom is 0.416 e. The second-order valence-corrected chi connectivity index (χ2v) is 9.44. The Morgan fingerprint density at radius 2 is 1.90 bits per heavy atom. The zero-order chi connectivity index (χ0) is 21.4. The fourth-order valence-electron chi connectivity index (χ4n) is 3.25. The normalized spacial score (nSPS) is 17.8. The number of carbonyl (C=O) groups is 1. The van der Waals surface area contributed by atoms with Gasteiger partial charge in [0.25, 0.3) is 0 Å². The summed E-state index contributed by atoms with van der Waals surface area (Å²) in [4.78, 5) is 11.6. The number of aliphatic hydroxyl groups is 1. The molecule has 0 radical (unpaired) electrons. The predicted octanol–water partition coefficient (Wildman–Crippen LogP) is 3.23. The third kappa shape index (κ3) is 4.18. The predicted molar refractivity (Wildman–Crippen MR) is 99.0 cm³/mol. The minimum absolute atomic E-state index is 0.0498. The lowest BCUT2D eigenvalue weighted by Gasteiger charge is -2.38. The van der Waals surface area contributed by atoms with Crippen molar-refractivity contribution in [3.8, 4) is 0 Å². The highest BCUT2D eigenvalue weighted by molar-refractivity contribution is 7.89. The van der Waals surface area contributed by atoms with E-state index in [0.717, 1.165) is 34.9 Å². The maximum absolute atomic E-state index is 13.0. The molecule has 0 spiro atoms. The van der Waals surface area contributed by atoms with E-state index in [-0.39, 0.29) is 41.3 Å². The van der Waals surface area contributed by atoms with Gasteiger partial charge in [-0.05, 0) is 42.0 Å². The first-order valence-electron chi connectivity index (χ1n) is 8.55. The fraction of sp³-hybridized carbons (Fsp3) is 0.389. The summed E-state index contributed by atoms with van der Waals surface area (Å²) in [6.45, 7) is -0.211. The topological polar surface area (TPSA) is 83.9 Å². The first-order chi connectivity index (χ1) is 13.5. The van der Waals surface area contributed by atoms with E-state index >= 15 is 0 Å².